The molecule has 1 aromatic carbocycles. The van der Waals surface area contributed by atoms with E-state index in [2.05, 4.69) is 12.2 Å². The molecule has 0 bridgehead atoms. The van der Waals surface area contributed by atoms with Gasteiger partial charge in [0.25, 0.3) is 0 Å². The SMILES string of the molecule is CC1CCC(C(=O)Nc2ccccc2N)CC1. The third-order valence-electron chi connectivity index (χ3n) is 3.61. The summed E-state index contributed by atoms with van der Waals surface area (Å²) in [5, 5.41) is 2.93. The highest BCUT2D eigenvalue weighted by Crippen LogP contribution is 2.29. The van der Waals surface area contributed by atoms with Gasteiger partial charge < -0.3 is 11.1 Å². The van der Waals surface area contributed by atoms with Gasteiger partial charge in [0, 0.05) is 5.92 Å². The number of nitrogens with two attached hydrogens (primary N) is 1. The summed E-state index contributed by atoms with van der Waals surface area (Å²) in [7, 11) is 0. The van der Waals surface area contributed by atoms with Crippen molar-refractivity contribution in [2.24, 2.45) is 11.8 Å². The summed E-state index contributed by atoms with van der Waals surface area (Å²) in [5.74, 6) is 1.04. The molecule has 2 rings (SSSR count). The Morgan fingerprint density at radius 1 is 1.24 bits per heavy atom. The van der Waals surface area contributed by atoms with Gasteiger partial charge in [-0.3, -0.25) is 4.79 Å². The van der Waals surface area contributed by atoms with Gasteiger partial charge in [0.15, 0.2) is 0 Å². The number of benzene rings is 1. The van der Waals surface area contributed by atoms with Gasteiger partial charge in [-0.05, 0) is 43.7 Å². The van der Waals surface area contributed by atoms with Crippen molar-refractivity contribution in [1.29, 1.82) is 0 Å². The molecule has 1 aliphatic rings. The number of para-hydroxylation sites is 2. The largest absolute Gasteiger partial charge is 0.397 e. The van der Waals surface area contributed by atoms with Crippen LogP contribution in [0.4, 0.5) is 11.4 Å². The first-order chi connectivity index (χ1) is 8.16. The molecule has 1 aromatic rings. The van der Waals surface area contributed by atoms with E-state index in [4.69, 9.17) is 5.73 Å². The average molecular weight is 232 g/mol. The van der Waals surface area contributed by atoms with E-state index >= 15 is 0 Å². The molecule has 0 heterocycles. The second-order valence-corrected chi connectivity index (χ2v) is 5.03. The first-order valence-corrected chi connectivity index (χ1v) is 6.32. The Morgan fingerprint density at radius 3 is 2.53 bits per heavy atom. The molecule has 1 fully saturated rings. The highest BCUT2D eigenvalue weighted by atomic mass is 16.1. The molecule has 3 heteroatoms. The van der Waals surface area contributed by atoms with Crippen LogP contribution in [0.25, 0.3) is 0 Å². The predicted molar refractivity (Wildman–Crippen MR) is 70.6 cm³/mol. The molecule has 3 N–H and O–H groups in total. The first kappa shape index (κ1) is 12.0. The van der Waals surface area contributed by atoms with Crippen molar-refractivity contribution in [2.75, 3.05) is 11.1 Å². The van der Waals surface area contributed by atoms with Gasteiger partial charge in [-0.1, -0.05) is 19.1 Å². The van der Waals surface area contributed by atoms with Crippen LogP contribution in [0.15, 0.2) is 24.3 Å². The number of rotatable bonds is 2. The number of amides is 1. The Labute approximate surface area is 102 Å². The van der Waals surface area contributed by atoms with Crippen molar-refractivity contribution in [3.63, 3.8) is 0 Å². The van der Waals surface area contributed by atoms with E-state index in [0.717, 1.165) is 37.3 Å². The van der Waals surface area contributed by atoms with Gasteiger partial charge in [0.1, 0.15) is 0 Å². The highest BCUT2D eigenvalue weighted by Gasteiger charge is 2.24. The number of carbonyl (C=O) groups is 1. The molecule has 0 radical (unpaired) electrons. The van der Waals surface area contributed by atoms with Crippen molar-refractivity contribution in [3.8, 4) is 0 Å². The Kier molecular flexibility index (Phi) is 3.67. The Bertz CT molecular complexity index is 395. The molecule has 3 nitrogen and oxygen atoms in total. The fraction of sp³-hybridized carbons (Fsp3) is 0.500. The maximum absolute atomic E-state index is 12.1. The normalized spacial score (nSPS) is 24.3. The van der Waals surface area contributed by atoms with E-state index in [9.17, 15) is 4.79 Å². The smallest absolute Gasteiger partial charge is 0.227 e. The molecule has 0 atom stereocenters. The molecule has 0 aliphatic heterocycles. The van der Waals surface area contributed by atoms with E-state index in [1.807, 2.05) is 18.2 Å². The third-order valence-corrected chi connectivity index (χ3v) is 3.61. The zero-order valence-corrected chi connectivity index (χ0v) is 10.3. The number of anilines is 2. The second-order valence-electron chi connectivity index (χ2n) is 5.03. The molecule has 1 amide bonds. The lowest BCUT2D eigenvalue weighted by atomic mass is 9.82. The van der Waals surface area contributed by atoms with Crippen molar-refractivity contribution >= 4 is 17.3 Å². The van der Waals surface area contributed by atoms with E-state index in [1.165, 1.54) is 0 Å². The number of hydrogen-bond acceptors (Lipinski definition) is 2. The number of nitrogens with one attached hydrogen (secondary N) is 1. The van der Waals surface area contributed by atoms with Crippen molar-refractivity contribution in [1.82, 2.24) is 0 Å². The number of nitrogen functional groups attached to an aromatic ring is 1. The Balaban J connectivity index is 1.95. The minimum Gasteiger partial charge on any atom is -0.397 e. The molecular weight excluding hydrogens is 212 g/mol. The molecule has 0 saturated heterocycles. The second kappa shape index (κ2) is 5.21. The predicted octanol–water partition coefficient (Wildman–Crippen LogP) is 3.03. The van der Waals surface area contributed by atoms with Gasteiger partial charge in [-0.15, -0.1) is 0 Å². The number of carbonyl (C=O) groups excluding carboxylic acids is 1. The number of hydrogen-bond donors (Lipinski definition) is 2. The van der Waals surface area contributed by atoms with Gasteiger partial charge in [-0.2, -0.15) is 0 Å². The van der Waals surface area contributed by atoms with Gasteiger partial charge in [-0.25, -0.2) is 0 Å². The lowest BCUT2D eigenvalue weighted by molar-refractivity contribution is -0.121. The molecular formula is C14H20N2O. The van der Waals surface area contributed by atoms with Crippen LogP contribution in [-0.4, -0.2) is 5.91 Å². The van der Waals surface area contributed by atoms with Gasteiger partial charge >= 0.3 is 0 Å². The van der Waals surface area contributed by atoms with Crippen LogP contribution in [0.3, 0.4) is 0 Å². The monoisotopic (exact) mass is 232 g/mol. The minimum atomic E-state index is 0.120. The summed E-state index contributed by atoms with van der Waals surface area (Å²) in [6, 6.07) is 7.40. The Morgan fingerprint density at radius 2 is 1.88 bits per heavy atom. The van der Waals surface area contributed by atoms with Crippen LogP contribution in [0.1, 0.15) is 32.6 Å². The van der Waals surface area contributed by atoms with Crippen LogP contribution in [0.5, 0.6) is 0 Å². The Hall–Kier alpha value is -1.51. The zero-order valence-electron chi connectivity index (χ0n) is 10.3. The molecule has 17 heavy (non-hydrogen) atoms. The van der Waals surface area contributed by atoms with Gasteiger partial charge in [0.05, 0.1) is 11.4 Å². The summed E-state index contributed by atoms with van der Waals surface area (Å²) in [6.07, 6.45) is 4.31. The first-order valence-electron chi connectivity index (χ1n) is 6.32. The van der Waals surface area contributed by atoms with Crippen LogP contribution in [-0.2, 0) is 4.79 Å². The molecule has 1 aliphatic carbocycles. The van der Waals surface area contributed by atoms with Gasteiger partial charge in [0.2, 0.25) is 5.91 Å². The summed E-state index contributed by atoms with van der Waals surface area (Å²) in [4.78, 5) is 12.1. The molecule has 1 saturated carbocycles. The third kappa shape index (κ3) is 2.99. The van der Waals surface area contributed by atoms with Crippen LogP contribution in [0.2, 0.25) is 0 Å². The van der Waals surface area contributed by atoms with E-state index < -0.39 is 0 Å². The van der Waals surface area contributed by atoms with Crippen LogP contribution >= 0.6 is 0 Å². The van der Waals surface area contributed by atoms with Crippen molar-refractivity contribution in [3.05, 3.63) is 24.3 Å². The molecule has 92 valence electrons. The van der Waals surface area contributed by atoms with E-state index in [1.54, 1.807) is 6.07 Å². The lowest BCUT2D eigenvalue weighted by Gasteiger charge is -2.25. The molecule has 0 spiro atoms. The standard InChI is InChI=1S/C14H20N2O/c1-10-6-8-11(9-7-10)14(17)16-13-5-3-2-4-12(13)15/h2-5,10-11H,6-9,15H2,1H3,(H,16,17). The summed E-state index contributed by atoms with van der Waals surface area (Å²) in [5.41, 5.74) is 7.17. The fourth-order valence-corrected chi connectivity index (χ4v) is 2.37. The topological polar surface area (TPSA) is 55.1 Å². The summed E-state index contributed by atoms with van der Waals surface area (Å²) >= 11 is 0. The van der Waals surface area contributed by atoms with Crippen molar-refractivity contribution in [2.45, 2.75) is 32.6 Å². The van der Waals surface area contributed by atoms with Crippen molar-refractivity contribution < 1.29 is 4.79 Å². The highest BCUT2D eigenvalue weighted by molar-refractivity contribution is 5.95. The van der Waals surface area contributed by atoms with E-state index in [-0.39, 0.29) is 11.8 Å². The quantitative estimate of drug-likeness (QED) is 0.770. The van der Waals surface area contributed by atoms with Crippen LogP contribution in [0, 0.1) is 11.8 Å². The minimum absolute atomic E-state index is 0.120. The molecule has 0 unspecified atom stereocenters. The van der Waals surface area contributed by atoms with E-state index in [0.29, 0.717) is 5.69 Å². The maximum Gasteiger partial charge on any atom is 0.227 e. The zero-order chi connectivity index (χ0) is 12.3. The fourth-order valence-electron chi connectivity index (χ4n) is 2.37. The maximum atomic E-state index is 12.1. The summed E-state index contributed by atoms with van der Waals surface area (Å²) < 4.78 is 0. The average Bonchev–Trinajstić information content (AvgIpc) is 2.33. The lowest BCUT2D eigenvalue weighted by Crippen LogP contribution is -2.26. The van der Waals surface area contributed by atoms with Crippen LogP contribution < -0.4 is 11.1 Å². The summed E-state index contributed by atoms with van der Waals surface area (Å²) in [6.45, 7) is 2.25. The molecule has 0 aromatic heterocycles.